The second-order valence-electron chi connectivity index (χ2n) is 3.74. The lowest BCUT2D eigenvalue weighted by Gasteiger charge is -2.09. The van der Waals surface area contributed by atoms with E-state index < -0.39 is 0 Å². The Hall–Kier alpha value is -1.62. The van der Waals surface area contributed by atoms with Crippen molar-refractivity contribution in [1.29, 1.82) is 0 Å². The summed E-state index contributed by atoms with van der Waals surface area (Å²) in [6.07, 6.45) is 1.36. The zero-order chi connectivity index (χ0) is 12.4. The molecule has 0 fully saturated rings. The SMILES string of the molecule is Cc1cc(C(=O)O[C@H](C)c2nccs2)c(C)o1. The fourth-order valence-corrected chi connectivity index (χ4v) is 2.17. The number of ether oxygens (including phenoxy) is 1. The molecule has 2 rings (SSSR count). The van der Waals surface area contributed by atoms with E-state index in [4.69, 9.17) is 9.15 Å². The highest BCUT2D eigenvalue weighted by molar-refractivity contribution is 7.09. The van der Waals surface area contributed by atoms with Crippen LogP contribution in [0, 0.1) is 13.8 Å². The van der Waals surface area contributed by atoms with Crippen LogP contribution in [0.2, 0.25) is 0 Å². The number of carbonyl (C=O) groups excluding carboxylic acids is 1. The van der Waals surface area contributed by atoms with Crippen LogP contribution < -0.4 is 0 Å². The molecule has 0 N–H and O–H groups in total. The van der Waals surface area contributed by atoms with Crippen molar-refractivity contribution in [2.24, 2.45) is 0 Å². The minimum Gasteiger partial charge on any atom is -0.466 e. The summed E-state index contributed by atoms with van der Waals surface area (Å²) in [5.41, 5.74) is 0.478. The summed E-state index contributed by atoms with van der Waals surface area (Å²) in [4.78, 5) is 16.0. The van der Waals surface area contributed by atoms with Gasteiger partial charge in [0.05, 0.1) is 0 Å². The second-order valence-corrected chi connectivity index (χ2v) is 4.67. The summed E-state index contributed by atoms with van der Waals surface area (Å²) in [6, 6.07) is 1.69. The van der Waals surface area contributed by atoms with E-state index in [-0.39, 0.29) is 12.1 Å². The Morgan fingerprint density at radius 1 is 1.53 bits per heavy atom. The molecule has 4 nitrogen and oxygen atoms in total. The smallest absolute Gasteiger partial charge is 0.342 e. The number of hydrogen-bond acceptors (Lipinski definition) is 5. The molecule has 0 aliphatic rings. The van der Waals surface area contributed by atoms with Crippen molar-refractivity contribution in [1.82, 2.24) is 4.98 Å². The third kappa shape index (κ3) is 2.55. The number of furan rings is 1. The molecule has 0 aromatic carbocycles. The number of thiazole rings is 1. The molecule has 5 heteroatoms. The summed E-state index contributed by atoms with van der Waals surface area (Å²) >= 11 is 1.47. The van der Waals surface area contributed by atoms with E-state index >= 15 is 0 Å². The first-order valence-electron chi connectivity index (χ1n) is 5.25. The van der Waals surface area contributed by atoms with Gasteiger partial charge in [-0.15, -0.1) is 11.3 Å². The molecule has 0 amide bonds. The van der Waals surface area contributed by atoms with Crippen molar-refractivity contribution in [3.63, 3.8) is 0 Å². The van der Waals surface area contributed by atoms with Gasteiger partial charge in [0.25, 0.3) is 0 Å². The predicted molar refractivity (Wildman–Crippen MR) is 64.1 cm³/mol. The molecule has 0 saturated heterocycles. The van der Waals surface area contributed by atoms with E-state index in [1.165, 1.54) is 11.3 Å². The molecule has 1 atom stereocenters. The Labute approximate surface area is 103 Å². The van der Waals surface area contributed by atoms with Crippen molar-refractivity contribution in [2.75, 3.05) is 0 Å². The Kier molecular flexibility index (Phi) is 3.28. The Morgan fingerprint density at radius 3 is 2.82 bits per heavy atom. The quantitative estimate of drug-likeness (QED) is 0.785. The summed E-state index contributed by atoms with van der Waals surface area (Å²) in [6.45, 7) is 5.35. The largest absolute Gasteiger partial charge is 0.466 e. The molecule has 0 aliphatic heterocycles. The lowest BCUT2D eigenvalue weighted by molar-refractivity contribution is 0.0335. The highest BCUT2D eigenvalue weighted by Gasteiger charge is 2.19. The van der Waals surface area contributed by atoms with Gasteiger partial charge in [0.15, 0.2) is 6.10 Å². The Bertz CT molecular complexity index is 516. The van der Waals surface area contributed by atoms with Gasteiger partial charge in [0.2, 0.25) is 0 Å². The van der Waals surface area contributed by atoms with Crippen LogP contribution in [0.15, 0.2) is 22.1 Å². The third-order valence-electron chi connectivity index (χ3n) is 2.34. The van der Waals surface area contributed by atoms with Crippen LogP contribution in [0.5, 0.6) is 0 Å². The number of aryl methyl sites for hydroxylation is 2. The van der Waals surface area contributed by atoms with E-state index in [9.17, 15) is 4.79 Å². The highest BCUT2D eigenvalue weighted by Crippen LogP contribution is 2.22. The number of esters is 1. The molecule has 2 heterocycles. The van der Waals surface area contributed by atoms with Crippen molar-refractivity contribution in [2.45, 2.75) is 26.9 Å². The van der Waals surface area contributed by atoms with Gasteiger partial charge in [-0.2, -0.15) is 0 Å². The van der Waals surface area contributed by atoms with Gasteiger partial charge in [0, 0.05) is 11.6 Å². The molecular weight excluding hydrogens is 238 g/mol. The maximum Gasteiger partial charge on any atom is 0.342 e. The monoisotopic (exact) mass is 251 g/mol. The van der Waals surface area contributed by atoms with Crippen LogP contribution in [-0.4, -0.2) is 11.0 Å². The van der Waals surface area contributed by atoms with E-state index in [1.807, 2.05) is 5.38 Å². The first-order chi connectivity index (χ1) is 8.08. The number of nitrogens with zero attached hydrogens (tertiary/aromatic N) is 1. The number of carbonyl (C=O) groups is 1. The fraction of sp³-hybridized carbons (Fsp3) is 0.333. The summed E-state index contributed by atoms with van der Waals surface area (Å²) < 4.78 is 10.6. The van der Waals surface area contributed by atoms with Gasteiger partial charge in [0.1, 0.15) is 22.1 Å². The van der Waals surface area contributed by atoms with Gasteiger partial charge < -0.3 is 9.15 Å². The molecular formula is C12H13NO3S. The van der Waals surface area contributed by atoms with Gasteiger partial charge in [-0.3, -0.25) is 0 Å². The van der Waals surface area contributed by atoms with Crippen LogP contribution in [0.25, 0.3) is 0 Å². The van der Waals surface area contributed by atoms with Crippen molar-refractivity contribution in [3.05, 3.63) is 39.7 Å². The van der Waals surface area contributed by atoms with E-state index in [0.29, 0.717) is 17.1 Å². The highest BCUT2D eigenvalue weighted by atomic mass is 32.1. The zero-order valence-corrected chi connectivity index (χ0v) is 10.7. The normalized spacial score (nSPS) is 12.4. The third-order valence-corrected chi connectivity index (χ3v) is 3.28. The molecule has 0 unspecified atom stereocenters. The maximum absolute atomic E-state index is 11.9. The van der Waals surface area contributed by atoms with Gasteiger partial charge in [-0.1, -0.05) is 0 Å². The van der Waals surface area contributed by atoms with Crippen molar-refractivity contribution in [3.8, 4) is 0 Å². The topological polar surface area (TPSA) is 52.3 Å². The van der Waals surface area contributed by atoms with Crippen LogP contribution in [0.3, 0.4) is 0 Å². The average molecular weight is 251 g/mol. The van der Waals surface area contributed by atoms with E-state index in [1.54, 1.807) is 33.0 Å². The fourth-order valence-electron chi connectivity index (χ4n) is 1.54. The number of hydrogen-bond donors (Lipinski definition) is 0. The lowest BCUT2D eigenvalue weighted by Crippen LogP contribution is -2.09. The molecule has 0 bridgehead atoms. The second kappa shape index (κ2) is 4.71. The van der Waals surface area contributed by atoms with Crippen molar-refractivity contribution < 1.29 is 13.9 Å². The predicted octanol–water partition coefficient (Wildman–Crippen LogP) is 3.27. The summed E-state index contributed by atoms with van der Waals surface area (Å²) in [7, 11) is 0. The molecule has 0 spiro atoms. The van der Waals surface area contributed by atoms with Crippen LogP contribution >= 0.6 is 11.3 Å². The minimum absolute atomic E-state index is 0.336. The molecule has 0 saturated carbocycles. The van der Waals surface area contributed by atoms with Crippen LogP contribution in [0.1, 0.15) is 39.9 Å². The summed E-state index contributed by atoms with van der Waals surface area (Å²) in [5, 5.41) is 2.64. The minimum atomic E-state index is -0.373. The number of aromatic nitrogens is 1. The number of rotatable bonds is 3. The van der Waals surface area contributed by atoms with E-state index in [0.717, 1.165) is 5.01 Å². The molecule has 17 heavy (non-hydrogen) atoms. The molecule has 2 aromatic rings. The molecule has 90 valence electrons. The Morgan fingerprint density at radius 2 is 2.29 bits per heavy atom. The first kappa shape index (κ1) is 11.9. The molecule has 0 aliphatic carbocycles. The Balaban J connectivity index is 2.09. The average Bonchev–Trinajstić information content (AvgIpc) is 2.87. The van der Waals surface area contributed by atoms with Gasteiger partial charge in [-0.25, -0.2) is 9.78 Å². The maximum atomic E-state index is 11.9. The molecule has 2 aromatic heterocycles. The van der Waals surface area contributed by atoms with E-state index in [2.05, 4.69) is 4.98 Å². The van der Waals surface area contributed by atoms with Crippen LogP contribution in [-0.2, 0) is 4.74 Å². The van der Waals surface area contributed by atoms with Gasteiger partial charge >= 0.3 is 5.97 Å². The van der Waals surface area contributed by atoms with Crippen molar-refractivity contribution >= 4 is 17.3 Å². The van der Waals surface area contributed by atoms with Crippen LogP contribution in [0.4, 0.5) is 0 Å². The molecule has 0 radical (unpaired) electrons. The van der Waals surface area contributed by atoms with Gasteiger partial charge in [-0.05, 0) is 26.8 Å². The zero-order valence-electron chi connectivity index (χ0n) is 9.89. The first-order valence-corrected chi connectivity index (χ1v) is 6.13. The summed E-state index contributed by atoms with van der Waals surface area (Å²) in [5.74, 6) is 0.914. The standard InChI is InChI=1S/C12H13NO3S/c1-7-6-10(8(2)15-7)12(14)16-9(3)11-13-4-5-17-11/h4-6,9H,1-3H3/t9-/m1/s1. The lowest BCUT2D eigenvalue weighted by atomic mass is 10.2.